The largest absolute Gasteiger partial charge is 0.463 e. The number of ketones is 1. The number of rotatable bonds is 10. The van der Waals surface area contributed by atoms with Gasteiger partial charge in [0.05, 0.1) is 19.3 Å². The first-order valence-electron chi connectivity index (χ1n) is 8.01. The maximum absolute atomic E-state index is 12.4. The van der Waals surface area contributed by atoms with E-state index >= 15 is 0 Å². The molecule has 0 spiro atoms. The van der Waals surface area contributed by atoms with Crippen LogP contribution < -0.4 is 0 Å². The SMILES string of the molecule is CCOC(=O)/C=C(\C[Si](C)(C)C)[C@H](CC(=O)C(C)(C)CO)OC. The van der Waals surface area contributed by atoms with Crippen LogP contribution in [0.15, 0.2) is 11.6 Å². The topological polar surface area (TPSA) is 72.8 Å². The van der Waals surface area contributed by atoms with Gasteiger partial charge in [0.15, 0.2) is 0 Å². The molecule has 0 aromatic carbocycles. The molecule has 0 heterocycles. The minimum absolute atomic E-state index is 0.0859. The van der Waals surface area contributed by atoms with Crippen molar-refractivity contribution in [2.24, 2.45) is 5.41 Å². The van der Waals surface area contributed by atoms with E-state index in [1.807, 2.05) is 0 Å². The zero-order valence-corrected chi connectivity index (χ0v) is 16.6. The number of methoxy groups -OCH3 is 1. The summed E-state index contributed by atoms with van der Waals surface area (Å²) < 4.78 is 10.5. The van der Waals surface area contributed by atoms with Crippen LogP contribution in [-0.2, 0) is 19.1 Å². The Hall–Kier alpha value is -0.983. The first-order chi connectivity index (χ1) is 10.5. The standard InChI is InChI=1S/C17H32O5Si/c1-8-22-16(20)9-13(11-23(5,6)7)14(21-4)10-15(19)17(2,3)12-18/h9,14,18H,8,10-12H2,1-7H3/b13-9+/t14-/m0/s1. The van der Waals surface area contributed by atoms with E-state index in [0.717, 1.165) is 11.6 Å². The van der Waals surface area contributed by atoms with Gasteiger partial charge in [0.2, 0.25) is 0 Å². The fraction of sp³-hybridized carbons (Fsp3) is 0.765. The molecule has 0 aliphatic carbocycles. The van der Waals surface area contributed by atoms with Crippen molar-refractivity contribution in [2.45, 2.75) is 59.0 Å². The second-order valence-corrected chi connectivity index (χ2v) is 13.1. The number of carbonyl (C=O) groups is 2. The molecule has 1 atom stereocenters. The van der Waals surface area contributed by atoms with Crippen molar-refractivity contribution in [3.8, 4) is 0 Å². The number of carbonyl (C=O) groups excluding carboxylic acids is 2. The van der Waals surface area contributed by atoms with Crippen LogP contribution in [0, 0.1) is 5.41 Å². The maximum Gasteiger partial charge on any atom is 0.330 e. The third-order valence-corrected chi connectivity index (χ3v) is 5.01. The summed E-state index contributed by atoms with van der Waals surface area (Å²) in [5.41, 5.74) is -0.0162. The van der Waals surface area contributed by atoms with Gasteiger partial charge in [-0.05, 0) is 18.5 Å². The second-order valence-electron chi connectivity index (χ2n) is 7.60. The number of hydrogen-bond donors (Lipinski definition) is 1. The molecule has 134 valence electrons. The highest BCUT2D eigenvalue weighted by Gasteiger charge is 2.31. The van der Waals surface area contributed by atoms with Crippen LogP contribution >= 0.6 is 0 Å². The Balaban J connectivity index is 5.39. The summed E-state index contributed by atoms with van der Waals surface area (Å²) in [5.74, 6) is -0.492. The Bertz CT molecular complexity index is 435. The summed E-state index contributed by atoms with van der Waals surface area (Å²) in [4.78, 5) is 24.2. The molecule has 0 aliphatic rings. The molecule has 0 rings (SSSR count). The lowest BCUT2D eigenvalue weighted by molar-refractivity contribution is -0.137. The van der Waals surface area contributed by atoms with Crippen LogP contribution in [-0.4, -0.2) is 51.4 Å². The van der Waals surface area contributed by atoms with E-state index in [9.17, 15) is 14.7 Å². The normalized spacial score (nSPS) is 14.5. The first kappa shape index (κ1) is 22.0. The molecule has 0 fully saturated rings. The molecule has 0 bridgehead atoms. The summed E-state index contributed by atoms with van der Waals surface area (Å²) in [5, 5.41) is 9.35. The van der Waals surface area contributed by atoms with Gasteiger partial charge in [-0.2, -0.15) is 0 Å². The van der Waals surface area contributed by atoms with E-state index < -0.39 is 25.6 Å². The fourth-order valence-corrected chi connectivity index (χ4v) is 3.66. The molecular formula is C17H32O5Si. The van der Waals surface area contributed by atoms with Crippen molar-refractivity contribution in [1.82, 2.24) is 0 Å². The first-order valence-corrected chi connectivity index (χ1v) is 11.7. The molecule has 1 N–H and O–H groups in total. The van der Waals surface area contributed by atoms with Gasteiger partial charge in [0, 0.05) is 33.1 Å². The van der Waals surface area contributed by atoms with Gasteiger partial charge >= 0.3 is 5.97 Å². The van der Waals surface area contributed by atoms with Gasteiger partial charge < -0.3 is 14.6 Å². The Labute approximate surface area is 141 Å². The molecule has 0 amide bonds. The van der Waals surface area contributed by atoms with E-state index in [4.69, 9.17) is 9.47 Å². The molecule has 0 aromatic rings. The summed E-state index contributed by atoms with van der Waals surface area (Å²) in [6, 6.07) is 0.747. The summed E-state index contributed by atoms with van der Waals surface area (Å²) in [7, 11) is 0.0237. The molecule has 0 unspecified atom stereocenters. The molecular weight excluding hydrogens is 312 g/mol. The van der Waals surface area contributed by atoms with Gasteiger partial charge in [0.1, 0.15) is 5.78 Å². The molecule has 0 aromatic heterocycles. The number of aliphatic hydroxyl groups excluding tert-OH is 1. The van der Waals surface area contributed by atoms with Crippen LogP contribution in [0.5, 0.6) is 0 Å². The van der Waals surface area contributed by atoms with Crippen LogP contribution in [0.25, 0.3) is 0 Å². The van der Waals surface area contributed by atoms with Crippen molar-refractivity contribution in [1.29, 1.82) is 0 Å². The van der Waals surface area contributed by atoms with E-state index in [-0.39, 0.29) is 18.8 Å². The minimum Gasteiger partial charge on any atom is -0.463 e. The Morgan fingerprint density at radius 3 is 2.22 bits per heavy atom. The van der Waals surface area contributed by atoms with Crippen LogP contribution in [0.4, 0.5) is 0 Å². The lowest BCUT2D eigenvalue weighted by Gasteiger charge is -2.27. The minimum atomic E-state index is -1.51. The number of hydrogen-bond acceptors (Lipinski definition) is 5. The van der Waals surface area contributed by atoms with Crippen LogP contribution in [0.1, 0.15) is 27.2 Å². The van der Waals surface area contributed by atoms with Crippen molar-refractivity contribution >= 4 is 19.8 Å². The highest BCUT2D eigenvalue weighted by molar-refractivity contribution is 6.76. The van der Waals surface area contributed by atoms with E-state index in [1.54, 1.807) is 20.8 Å². The van der Waals surface area contributed by atoms with Crippen molar-refractivity contribution in [3.63, 3.8) is 0 Å². The lowest BCUT2D eigenvalue weighted by atomic mass is 9.85. The molecule has 6 heteroatoms. The quantitative estimate of drug-likeness (QED) is 0.375. The Kier molecular flexibility index (Phi) is 8.95. The Morgan fingerprint density at radius 2 is 1.83 bits per heavy atom. The predicted octanol–water partition coefficient (Wildman–Crippen LogP) is 2.81. The molecule has 0 aliphatic heterocycles. The third-order valence-electron chi connectivity index (χ3n) is 3.54. The molecule has 5 nitrogen and oxygen atoms in total. The van der Waals surface area contributed by atoms with Gasteiger partial charge in [-0.3, -0.25) is 4.79 Å². The number of Topliss-reactive ketones (excluding diaryl/α,β-unsaturated/α-hetero) is 1. The summed E-state index contributed by atoms with van der Waals surface area (Å²) >= 11 is 0. The van der Waals surface area contributed by atoms with E-state index in [0.29, 0.717) is 6.61 Å². The maximum atomic E-state index is 12.4. The van der Waals surface area contributed by atoms with E-state index in [1.165, 1.54) is 13.2 Å². The third kappa shape index (κ3) is 8.44. The van der Waals surface area contributed by atoms with Gasteiger partial charge in [-0.1, -0.05) is 33.5 Å². The highest BCUT2D eigenvalue weighted by atomic mass is 28.3. The smallest absolute Gasteiger partial charge is 0.330 e. The van der Waals surface area contributed by atoms with Crippen LogP contribution in [0.2, 0.25) is 25.7 Å². The number of ether oxygens (including phenoxy) is 2. The summed E-state index contributed by atoms with van der Waals surface area (Å²) in [6.07, 6.45) is 1.14. The summed E-state index contributed by atoms with van der Waals surface area (Å²) in [6.45, 7) is 11.8. The fourth-order valence-electron chi connectivity index (χ4n) is 2.10. The van der Waals surface area contributed by atoms with Crippen molar-refractivity contribution in [2.75, 3.05) is 20.3 Å². The molecule has 0 saturated heterocycles. The van der Waals surface area contributed by atoms with E-state index in [2.05, 4.69) is 19.6 Å². The Morgan fingerprint density at radius 1 is 1.26 bits per heavy atom. The van der Waals surface area contributed by atoms with Crippen molar-refractivity contribution in [3.05, 3.63) is 11.6 Å². The molecule has 0 radical (unpaired) electrons. The lowest BCUT2D eigenvalue weighted by Crippen LogP contribution is -2.34. The number of aliphatic hydroxyl groups is 1. The molecule has 0 saturated carbocycles. The highest BCUT2D eigenvalue weighted by Crippen LogP contribution is 2.26. The predicted molar refractivity (Wildman–Crippen MR) is 94.2 cm³/mol. The van der Waals surface area contributed by atoms with Gasteiger partial charge in [-0.25, -0.2) is 4.79 Å². The van der Waals surface area contributed by atoms with Gasteiger partial charge in [0.25, 0.3) is 0 Å². The average Bonchev–Trinajstić information content (AvgIpc) is 2.42. The van der Waals surface area contributed by atoms with Crippen molar-refractivity contribution < 1.29 is 24.2 Å². The number of esters is 1. The monoisotopic (exact) mass is 344 g/mol. The van der Waals surface area contributed by atoms with Gasteiger partial charge in [-0.15, -0.1) is 0 Å². The second kappa shape index (κ2) is 9.35. The zero-order valence-electron chi connectivity index (χ0n) is 15.6. The molecule has 23 heavy (non-hydrogen) atoms. The zero-order chi connectivity index (χ0) is 18.3. The average molecular weight is 345 g/mol. The van der Waals surface area contributed by atoms with Crippen LogP contribution in [0.3, 0.4) is 0 Å².